The second-order valence-corrected chi connectivity index (χ2v) is 5.19. The monoisotopic (exact) mass is 254 g/mol. The molecule has 0 saturated carbocycles. The third-order valence-corrected chi connectivity index (χ3v) is 3.20. The summed E-state index contributed by atoms with van der Waals surface area (Å²) in [5.74, 6) is 2.03. The summed E-state index contributed by atoms with van der Waals surface area (Å²) in [6, 6.07) is 4.66. The lowest BCUT2D eigenvalue weighted by Gasteiger charge is -2.27. The molecule has 0 unspecified atom stereocenters. The highest BCUT2D eigenvalue weighted by Crippen LogP contribution is 2.22. The maximum absolute atomic E-state index is 5.96. The van der Waals surface area contributed by atoms with Crippen LogP contribution in [0.4, 0.5) is 5.82 Å². The Hall–Kier alpha value is -0.760. The minimum Gasteiger partial charge on any atom is -0.354 e. The van der Waals surface area contributed by atoms with Crippen molar-refractivity contribution in [2.45, 2.75) is 52.5 Å². The summed E-state index contributed by atoms with van der Waals surface area (Å²) in [4.78, 5) is 7.03. The van der Waals surface area contributed by atoms with Gasteiger partial charge in [0.1, 0.15) is 5.82 Å². The summed E-state index contributed by atoms with van der Waals surface area (Å²) >= 11 is 5.96. The van der Waals surface area contributed by atoms with Crippen LogP contribution in [-0.2, 0) is 5.88 Å². The smallest absolute Gasteiger partial charge is 0.129 e. The van der Waals surface area contributed by atoms with Gasteiger partial charge in [-0.15, -0.1) is 11.6 Å². The van der Waals surface area contributed by atoms with Gasteiger partial charge in [-0.05, 0) is 44.4 Å². The predicted octanol–water partition coefficient (Wildman–Crippen LogP) is 4.18. The van der Waals surface area contributed by atoms with Crippen LogP contribution >= 0.6 is 11.6 Å². The predicted molar refractivity (Wildman–Crippen MR) is 76.0 cm³/mol. The van der Waals surface area contributed by atoms with E-state index in [0.717, 1.165) is 23.6 Å². The number of anilines is 1. The van der Waals surface area contributed by atoms with Gasteiger partial charge in [-0.25, -0.2) is 4.98 Å². The van der Waals surface area contributed by atoms with E-state index in [0.29, 0.717) is 17.8 Å². The Morgan fingerprint density at radius 3 is 2.29 bits per heavy atom. The molecular formula is C14H23ClN2. The summed E-state index contributed by atoms with van der Waals surface area (Å²) in [6.45, 7) is 11.8. The molecule has 1 heterocycles. The second-order valence-electron chi connectivity index (χ2n) is 4.93. The van der Waals surface area contributed by atoms with Crippen LogP contribution in [0.2, 0.25) is 0 Å². The van der Waals surface area contributed by atoms with Crippen molar-refractivity contribution in [2.75, 3.05) is 11.4 Å². The maximum atomic E-state index is 5.96. The molecule has 0 fully saturated rings. The lowest BCUT2D eigenvalue weighted by Crippen LogP contribution is -2.31. The summed E-state index contributed by atoms with van der Waals surface area (Å²) < 4.78 is 0. The molecule has 3 heteroatoms. The van der Waals surface area contributed by atoms with Gasteiger partial charge in [-0.2, -0.15) is 0 Å². The standard InChI is InChI=1S/C14H23ClN2/c1-6-17(11(4)5)14-8-12(9-15)7-13(16-14)10(2)3/h7-8,10-11H,6,9H2,1-5H3. The Balaban J connectivity index is 3.17. The van der Waals surface area contributed by atoms with Crippen molar-refractivity contribution in [1.29, 1.82) is 0 Å². The molecule has 2 nitrogen and oxygen atoms in total. The number of hydrogen-bond donors (Lipinski definition) is 0. The maximum Gasteiger partial charge on any atom is 0.129 e. The van der Waals surface area contributed by atoms with Gasteiger partial charge in [-0.3, -0.25) is 0 Å². The number of rotatable bonds is 5. The first-order chi connectivity index (χ1) is 7.99. The van der Waals surface area contributed by atoms with Gasteiger partial charge in [0.15, 0.2) is 0 Å². The minimum atomic E-state index is 0.433. The Labute approximate surface area is 110 Å². The average Bonchev–Trinajstić information content (AvgIpc) is 2.28. The number of hydrogen-bond acceptors (Lipinski definition) is 2. The van der Waals surface area contributed by atoms with Crippen molar-refractivity contribution in [3.05, 3.63) is 23.4 Å². The Kier molecular flexibility index (Phi) is 5.26. The van der Waals surface area contributed by atoms with Gasteiger partial charge in [0.25, 0.3) is 0 Å². The SMILES string of the molecule is CCN(c1cc(CCl)cc(C(C)C)n1)C(C)C. The van der Waals surface area contributed by atoms with Gasteiger partial charge >= 0.3 is 0 Å². The molecule has 0 spiro atoms. The molecule has 1 rings (SSSR count). The fourth-order valence-electron chi connectivity index (χ4n) is 1.91. The van der Waals surface area contributed by atoms with Gasteiger partial charge < -0.3 is 4.90 Å². The molecule has 0 aromatic carbocycles. The zero-order chi connectivity index (χ0) is 13.0. The largest absolute Gasteiger partial charge is 0.354 e. The van der Waals surface area contributed by atoms with Gasteiger partial charge in [0.05, 0.1) is 0 Å². The third-order valence-electron chi connectivity index (χ3n) is 2.90. The summed E-state index contributed by atoms with van der Waals surface area (Å²) in [5, 5.41) is 0. The molecule has 0 aliphatic carbocycles. The van der Waals surface area contributed by atoms with Crippen molar-refractivity contribution in [1.82, 2.24) is 4.98 Å². The van der Waals surface area contributed by atoms with E-state index >= 15 is 0 Å². The molecular weight excluding hydrogens is 232 g/mol. The first kappa shape index (κ1) is 14.3. The molecule has 17 heavy (non-hydrogen) atoms. The van der Waals surface area contributed by atoms with Crippen molar-refractivity contribution < 1.29 is 0 Å². The quantitative estimate of drug-likeness (QED) is 0.733. The van der Waals surface area contributed by atoms with Crippen molar-refractivity contribution >= 4 is 17.4 Å². The fraction of sp³-hybridized carbons (Fsp3) is 0.643. The summed E-state index contributed by atoms with van der Waals surface area (Å²) in [5.41, 5.74) is 2.27. The van der Waals surface area contributed by atoms with Crippen molar-refractivity contribution in [3.63, 3.8) is 0 Å². The first-order valence-corrected chi connectivity index (χ1v) is 6.86. The van der Waals surface area contributed by atoms with E-state index < -0.39 is 0 Å². The molecule has 0 saturated heterocycles. The molecule has 1 aromatic heterocycles. The lowest BCUT2D eigenvalue weighted by molar-refractivity contribution is 0.686. The van der Waals surface area contributed by atoms with E-state index in [4.69, 9.17) is 16.6 Å². The Morgan fingerprint density at radius 2 is 1.88 bits per heavy atom. The normalized spacial score (nSPS) is 11.3. The van der Waals surface area contributed by atoms with E-state index in [-0.39, 0.29) is 0 Å². The van der Waals surface area contributed by atoms with E-state index in [1.165, 1.54) is 0 Å². The van der Waals surface area contributed by atoms with Crippen LogP contribution < -0.4 is 4.90 Å². The van der Waals surface area contributed by atoms with Crippen molar-refractivity contribution in [2.24, 2.45) is 0 Å². The summed E-state index contributed by atoms with van der Waals surface area (Å²) in [6.07, 6.45) is 0. The Bertz CT molecular complexity index is 361. The topological polar surface area (TPSA) is 16.1 Å². The van der Waals surface area contributed by atoms with Crippen LogP contribution in [0.5, 0.6) is 0 Å². The second kappa shape index (κ2) is 6.25. The highest BCUT2D eigenvalue weighted by Gasteiger charge is 2.13. The number of nitrogens with zero attached hydrogens (tertiary/aromatic N) is 2. The zero-order valence-electron chi connectivity index (χ0n) is 11.5. The molecule has 1 aromatic rings. The number of alkyl halides is 1. The highest BCUT2D eigenvalue weighted by molar-refractivity contribution is 6.17. The van der Waals surface area contributed by atoms with E-state index in [9.17, 15) is 0 Å². The van der Waals surface area contributed by atoms with Crippen LogP contribution in [0.15, 0.2) is 12.1 Å². The molecule has 96 valence electrons. The average molecular weight is 255 g/mol. The molecule has 0 N–H and O–H groups in total. The van der Waals surface area contributed by atoms with E-state index in [1.54, 1.807) is 0 Å². The molecule has 0 atom stereocenters. The Morgan fingerprint density at radius 1 is 1.24 bits per heavy atom. The third kappa shape index (κ3) is 3.60. The van der Waals surface area contributed by atoms with Crippen LogP contribution in [0, 0.1) is 0 Å². The van der Waals surface area contributed by atoms with E-state index in [2.05, 4.69) is 51.7 Å². The van der Waals surface area contributed by atoms with E-state index in [1.807, 2.05) is 0 Å². The van der Waals surface area contributed by atoms with Gasteiger partial charge in [-0.1, -0.05) is 13.8 Å². The zero-order valence-corrected chi connectivity index (χ0v) is 12.3. The lowest BCUT2D eigenvalue weighted by atomic mass is 10.1. The molecule has 0 bridgehead atoms. The molecule has 0 aliphatic rings. The minimum absolute atomic E-state index is 0.433. The van der Waals surface area contributed by atoms with Gasteiger partial charge in [0.2, 0.25) is 0 Å². The molecule has 0 radical (unpaired) electrons. The van der Waals surface area contributed by atoms with Gasteiger partial charge in [0, 0.05) is 24.2 Å². The number of aromatic nitrogens is 1. The van der Waals surface area contributed by atoms with Crippen LogP contribution in [-0.4, -0.2) is 17.6 Å². The first-order valence-electron chi connectivity index (χ1n) is 6.33. The highest BCUT2D eigenvalue weighted by atomic mass is 35.5. The van der Waals surface area contributed by atoms with Crippen LogP contribution in [0.3, 0.4) is 0 Å². The fourth-order valence-corrected chi connectivity index (χ4v) is 2.06. The van der Waals surface area contributed by atoms with Crippen molar-refractivity contribution in [3.8, 4) is 0 Å². The van der Waals surface area contributed by atoms with Crippen LogP contribution in [0.1, 0.15) is 51.8 Å². The molecule has 0 aliphatic heterocycles. The number of halogens is 1. The molecule has 0 amide bonds. The summed E-state index contributed by atoms with van der Waals surface area (Å²) in [7, 11) is 0. The number of pyridine rings is 1. The van der Waals surface area contributed by atoms with Crippen LogP contribution in [0.25, 0.3) is 0 Å².